The van der Waals surface area contributed by atoms with Gasteiger partial charge in [-0.1, -0.05) is 65.1 Å². The van der Waals surface area contributed by atoms with Crippen LogP contribution in [0.2, 0.25) is 0 Å². The first-order valence-corrected chi connectivity index (χ1v) is 12.1. The molecule has 2 heterocycles. The minimum absolute atomic E-state index is 0.0336. The molecule has 0 aliphatic carbocycles. The predicted octanol–water partition coefficient (Wildman–Crippen LogP) is 6.04. The number of thiazole rings is 1. The van der Waals surface area contributed by atoms with E-state index in [1.54, 1.807) is 10.4 Å². The van der Waals surface area contributed by atoms with Gasteiger partial charge in [-0.2, -0.15) is 0 Å². The van der Waals surface area contributed by atoms with Crippen LogP contribution >= 0.6 is 34.4 Å². The van der Waals surface area contributed by atoms with E-state index in [1.165, 1.54) is 40.0 Å². The number of hydrogen-bond donors (Lipinski definition) is 0. The molecule has 0 N–H and O–H groups in total. The van der Waals surface area contributed by atoms with Crippen LogP contribution in [0.25, 0.3) is 11.3 Å². The van der Waals surface area contributed by atoms with E-state index in [0.29, 0.717) is 5.13 Å². The van der Waals surface area contributed by atoms with Gasteiger partial charge in [-0.3, -0.25) is 9.69 Å². The van der Waals surface area contributed by atoms with Crippen molar-refractivity contribution in [3.63, 3.8) is 0 Å². The van der Waals surface area contributed by atoms with Gasteiger partial charge >= 0.3 is 0 Å². The van der Waals surface area contributed by atoms with Crippen molar-refractivity contribution in [2.45, 2.75) is 25.1 Å². The molecule has 0 unspecified atom stereocenters. The first kappa shape index (κ1) is 20.7. The van der Waals surface area contributed by atoms with Crippen molar-refractivity contribution in [3.05, 3.63) is 70.0 Å². The number of carbonyl (C=O) groups is 1. The largest absolute Gasteiger partial charge is 0.273 e. The number of hydrogen-bond acceptors (Lipinski definition) is 7. The number of amides is 1. The minimum atomic E-state index is -0.0336. The number of rotatable bonds is 6. The fraction of sp³-hybridized carbons (Fsp3) is 0.182. The molecule has 4 rings (SSSR count). The Bertz CT molecular complexity index is 1150. The Morgan fingerprint density at radius 2 is 1.80 bits per heavy atom. The maximum absolute atomic E-state index is 13.3. The fourth-order valence-corrected chi connectivity index (χ4v) is 5.14. The molecule has 2 aromatic heterocycles. The van der Waals surface area contributed by atoms with Gasteiger partial charge in [0.05, 0.1) is 17.1 Å². The molecule has 0 saturated carbocycles. The highest BCUT2D eigenvalue weighted by atomic mass is 32.2. The predicted molar refractivity (Wildman–Crippen MR) is 126 cm³/mol. The zero-order valence-corrected chi connectivity index (χ0v) is 19.3. The molecular formula is C22H20N4OS3. The second-order valence-electron chi connectivity index (χ2n) is 6.89. The lowest BCUT2D eigenvalue weighted by atomic mass is 10.1. The summed E-state index contributed by atoms with van der Waals surface area (Å²) < 4.78 is 0.781. The monoisotopic (exact) mass is 452 g/mol. The third-order valence-corrected chi connectivity index (χ3v) is 7.22. The Hall–Kier alpha value is -2.55. The summed E-state index contributed by atoms with van der Waals surface area (Å²) in [6.07, 6.45) is 0. The number of benzene rings is 2. The maximum Gasteiger partial charge on any atom is 0.243 e. The van der Waals surface area contributed by atoms with Gasteiger partial charge in [-0.15, -0.1) is 21.5 Å². The van der Waals surface area contributed by atoms with Crippen LogP contribution in [-0.2, 0) is 4.79 Å². The van der Waals surface area contributed by atoms with E-state index in [2.05, 4.69) is 47.5 Å². The normalized spacial score (nSPS) is 10.9. The van der Waals surface area contributed by atoms with Crippen LogP contribution in [0.1, 0.15) is 16.7 Å². The summed E-state index contributed by atoms with van der Waals surface area (Å²) in [6, 6.07) is 14.4. The molecular weight excluding hydrogens is 432 g/mol. The molecule has 0 atom stereocenters. The molecule has 152 valence electrons. The molecule has 0 bridgehead atoms. The van der Waals surface area contributed by atoms with Gasteiger partial charge in [0.15, 0.2) is 9.47 Å². The van der Waals surface area contributed by atoms with Crippen molar-refractivity contribution in [1.29, 1.82) is 0 Å². The van der Waals surface area contributed by atoms with E-state index in [9.17, 15) is 4.79 Å². The Labute approximate surface area is 187 Å². The van der Waals surface area contributed by atoms with Crippen molar-refractivity contribution in [2.75, 3.05) is 10.7 Å². The van der Waals surface area contributed by atoms with Crippen LogP contribution in [0.4, 0.5) is 10.8 Å². The lowest BCUT2D eigenvalue weighted by molar-refractivity contribution is -0.115. The zero-order chi connectivity index (χ0) is 21.1. The molecule has 0 spiro atoms. The minimum Gasteiger partial charge on any atom is -0.273 e. The number of aryl methyl sites for hydroxylation is 3. The molecule has 0 aliphatic heterocycles. The van der Waals surface area contributed by atoms with Crippen LogP contribution in [0.15, 0.2) is 57.7 Å². The van der Waals surface area contributed by atoms with Gasteiger partial charge in [-0.05, 0) is 38.0 Å². The van der Waals surface area contributed by atoms with Crippen molar-refractivity contribution in [1.82, 2.24) is 15.2 Å². The Morgan fingerprint density at radius 3 is 2.53 bits per heavy atom. The van der Waals surface area contributed by atoms with Gasteiger partial charge in [-0.25, -0.2) is 4.98 Å². The Morgan fingerprint density at radius 1 is 1.03 bits per heavy atom. The molecule has 0 radical (unpaired) electrons. The van der Waals surface area contributed by atoms with Gasteiger partial charge in [0, 0.05) is 10.9 Å². The van der Waals surface area contributed by atoms with Gasteiger partial charge < -0.3 is 0 Å². The highest BCUT2D eigenvalue weighted by Gasteiger charge is 2.24. The first-order chi connectivity index (χ1) is 14.5. The number of thioether (sulfide) groups is 1. The number of nitrogens with zero attached hydrogens (tertiary/aromatic N) is 4. The van der Waals surface area contributed by atoms with E-state index in [-0.39, 0.29) is 11.7 Å². The Kier molecular flexibility index (Phi) is 6.26. The lowest BCUT2D eigenvalue weighted by Gasteiger charge is -2.22. The number of aromatic nitrogens is 3. The van der Waals surface area contributed by atoms with E-state index in [4.69, 9.17) is 4.98 Å². The number of carbonyl (C=O) groups excluding carboxylic acids is 1. The quantitative estimate of drug-likeness (QED) is 0.334. The fourth-order valence-electron chi connectivity index (χ4n) is 2.94. The molecule has 5 nitrogen and oxygen atoms in total. The second kappa shape index (κ2) is 9.07. The molecule has 1 amide bonds. The second-order valence-corrected chi connectivity index (χ2v) is 9.79. The summed E-state index contributed by atoms with van der Waals surface area (Å²) in [7, 11) is 0. The summed E-state index contributed by atoms with van der Waals surface area (Å²) >= 11 is 4.31. The summed E-state index contributed by atoms with van der Waals surface area (Å²) in [4.78, 5) is 19.9. The average Bonchev–Trinajstić information content (AvgIpc) is 3.42. The lowest BCUT2D eigenvalue weighted by Crippen LogP contribution is -2.28. The summed E-state index contributed by atoms with van der Waals surface area (Å²) in [5, 5.41) is 10.5. The van der Waals surface area contributed by atoms with E-state index in [0.717, 1.165) is 32.4 Å². The van der Waals surface area contributed by atoms with E-state index in [1.807, 2.05) is 31.4 Å². The van der Waals surface area contributed by atoms with Crippen molar-refractivity contribution in [3.8, 4) is 11.3 Å². The van der Waals surface area contributed by atoms with Gasteiger partial charge in [0.25, 0.3) is 0 Å². The smallest absolute Gasteiger partial charge is 0.243 e. The molecule has 0 saturated heterocycles. The van der Waals surface area contributed by atoms with Crippen molar-refractivity contribution >= 4 is 51.2 Å². The van der Waals surface area contributed by atoms with Crippen molar-refractivity contribution in [2.24, 2.45) is 0 Å². The topological polar surface area (TPSA) is 59.0 Å². The molecule has 30 heavy (non-hydrogen) atoms. The standard InChI is InChI=1S/C22H20N4OS3/c1-14-5-8-17(9-6-14)18-11-28-21(24-18)26(19-10-15(2)4-7-16(19)3)20(27)12-29-22-25-23-13-30-22/h4-11,13H,12H2,1-3H3. The number of anilines is 2. The van der Waals surface area contributed by atoms with Crippen LogP contribution in [0.3, 0.4) is 0 Å². The van der Waals surface area contributed by atoms with Crippen LogP contribution in [0, 0.1) is 20.8 Å². The van der Waals surface area contributed by atoms with E-state index >= 15 is 0 Å². The molecule has 0 aliphatic rings. The molecule has 0 fully saturated rings. The maximum atomic E-state index is 13.3. The first-order valence-electron chi connectivity index (χ1n) is 9.33. The van der Waals surface area contributed by atoms with Gasteiger partial charge in [0.2, 0.25) is 5.91 Å². The van der Waals surface area contributed by atoms with E-state index < -0.39 is 0 Å². The average molecular weight is 453 g/mol. The van der Waals surface area contributed by atoms with Crippen LogP contribution < -0.4 is 4.90 Å². The zero-order valence-electron chi connectivity index (χ0n) is 16.8. The van der Waals surface area contributed by atoms with Gasteiger partial charge in [0.1, 0.15) is 5.51 Å². The van der Waals surface area contributed by atoms with Crippen LogP contribution in [0.5, 0.6) is 0 Å². The molecule has 4 aromatic rings. The summed E-state index contributed by atoms with van der Waals surface area (Å²) in [5.74, 6) is 0.232. The molecule has 8 heteroatoms. The SMILES string of the molecule is Cc1ccc(-c2csc(N(C(=O)CSc3nncs3)c3cc(C)ccc3C)n2)cc1. The summed E-state index contributed by atoms with van der Waals surface area (Å²) in [6.45, 7) is 6.11. The highest BCUT2D eigenvalue weighted by Crippen LogP contribution is 2.35. The third-order valence-electron chi connectivity index (χ3n) is 4.54. The summed E-state index contributed by atoms with van der Waals surface area (Å²) in [5.41, 5.74) is 7.78. The Balaban J connectivity index is 1.69. The van der Waals surface area contributed by atoms with Crippen LogP contribution in [-0.4, -0.2) is 26.8 Å². The van der Waals surface area contributed by atoms with Crippen molar-refractivity contribution < 1.29 is 4.79 Å². The highest BCUT2D eigenvalue weighted by molar-refractivity contribution is 8.01. The third kappa shape index (κ3) is 4.61. The molecule has 2 aromatic carbocycles.